The number of hydrazone groups is 1. The molecular formula is C26H27N3O6. The molecule has 0 bridgehead atoms. The number of methoxy groups -OCH3 is 2. The number of carbonyl (C=O) groups is 2. The fourth-order valence-corrected chi connectivity index (χ4v) is 3.02. The average molecular weight is 478 g/mol. The molecule has 0 aliphatic rings. The van der Waals surface area contributed by atoms with Gasteiger partial charge in [-0.2, -0.15) is 5.10 Å². The van der Waals surface area contributed by atoms with Crippen molar-refractivity contribution in [2.75, 3.05) is 26.1 Å². The fraction of sp³-hybridized carbons (Fsp3) is 0.192. The molecular weight excluding hydrogens is 450 g/mol. The molecule has 0 heterocycles. The Labute approximate surface area is 203 Å². The molecule has 9 nitrogen and oxygen atoms in total. The van der Waals surface area contributed by atoms with Crippen LogP contribution in [0.2, 0.25) is 0 Å². The lowest BCUT2D eigenvalue weighted by Crippen LogP contribution is -2.32. The first-order valence-electron chi connectivity index (χ1n) is 10.8. The van der Waals surface area contributed by atoms with E-state index in [9.17, 15) is 9.59 Å². The van der Waals surface area contributed by atoms with Gasteiger partial charge in [0.05, 0.1) is 32.7 Å². The van der Waals surface area contributed by atoms with Crippen molar-refractivity contribution in [2.24, 2.45) is 5.10 Å². The van der Waals surface area contributed by atoms with E-state index in [0.717, 1.165) is 5.56 Å². The highest BCUT2D eigenvalue weighted by molar-refractivity contribution is 6.39. The summed E-state index contributed by atoms with van der Waals surface area (Å²) in [5, 5.41) is 6.35. The number of hydrogen-bond acceptors (Lipinski definition) is 7. The molecule has 0 aliphatic heterocycles. The van der Waals surface area contributed by atoms with Gasteiger partial charge >= 0.3 is 11.8 Å². The number of nitrogens with one attached hydrogen (secondary N) is 2. The van der Waals surface area contributed by atoms with Gasteiger partial charge in [-0.3, -0.25) is 9.59 Å². The topological polar surface area (TPSA) is 107 Å². The Morgan fingerprint density at radius 3 is 2.37 bits per heavy atom. The molecule has 0 fully saturated rings. The third kappa shape index (κ3) is 7.23. The zero-order valence-corrected chi connectivity index (χ0v) is 19.7. The maximum absolute atomic E-state index is 12.2. The summed E-state index contributed by atoms with van der Waals surface area (Å²) < 4.78 is 21.9. The molecule has 35 heavy (non-hydrogen) atoms. The summed E-state index contributed by atoms with van der Waals surface area (Å²) in [5.41, 5.74) is 4.22. The Hall–Kier alpha value is -4.53. The molecule has 3 aromatic rings. The molecule has 2 N–H and O–H groups in total. The highest BCUT2D eigenvalue weighted by atomic mass is 16.5. The van der Waals surface area contributed by atoms with Crippen LogP contribution in [0.1, 0.15) is 18.1 Å². The smallest absolute Gasteiger partial charge is 0.329 e. The average Bonchev–Trinajstić information content (AvgIpc) is 2.89. The van der Waals surface area contributed by atoms with Crippen molar-refractivity contribution in [2.45, 2.75) is 13.5 Å². The van der Waals surface area contributed by atoms with Crippen LogP contribution in [0.15, 0.2) is 71.8 Å². The number of amides is 2. The van der Waals surface area contributed by atoms with Crippen LogP contribution in [0.5, 0.6) is 23.0 Å². The third-order valence-electron chi connectivity index (χ3n) is 4.75. The predicted octanol–water partition coefficient (Wildman–Crippen LogP) is 3.77. The number of rotatable bonds is 10. The van der Waals surface area contributed by atoms with Gasteiger partial charge in [-0.1, -0.05) is 30.3 Å². The highest BCUT2D eigenvalue weighted by Crippen LogP contribution is 2.30. The Bertz CT molecular complexity index is 1180. The lowest BCUT2D eigenvalue weighted by Gasteiger charge is -2.12. The van der Waals surface area contributed by atoms with E-state index < -0.39 is 11.8 Å². The maximum Gasteiger partial charge on any atom is 0.329 e. The van der Waals surface area contributed by atoms with E-state index in [4.69, 9.17) is 18.9 Å². The van der Waals surface area contributed by atoms with Gasteiger partial charge in [0, 0.05) is 6.07 Å². The molecule has 3 rings (SSSR count). The van der Waals surface area contributed by atoms with Crippen molar-refractivity contribution in [3.05, 3.63) is 77.9 Å². The second-order valence-corrected chi connectivity index (χ2v) is 7.13. The predicted molar refractivity (Wildman–Crippen MR) is 132 cm³/mol. The summed E-state index contributed by atoms with van der Waals surface area (Å²) in [6.07, 6.45) is 1.41. The highest BCUT2D eigenvalue weighted by Gasteiger charge is 2.16. The van der Waals surface area contributed by atoms with Crippen LogP contribution < -0.4 is 29.7 Å². The molecule has 0 unspecified atom stereocenters. The van der Waals surface area contributed by atoms with Gasteiger partial charge in [-0.25, -0.2) is 5.43 Å². The van der Waals surface area contributed by atoms with Crippen molar-refractivity contribution in [1.82, 2.24) is 5.43 Å². The molecule has 0 radical (unpaired) electrons. The molecule has 3 aromatic carbocycles. The first-order valence-corrected chi connectivity index (χ1v) is 10.8. The van der Waals surface area contributed by atoms with Gasteiger partial charge < -0.3 is 24.3 Å². The van der Waals surface area contributed by atoms with Gasteiger partial charge in [0.2, 0.25) is 0 Å². The largest absolute Gasteiger partial charge is 0.497 e. The lowest BCUT2D eigenvalue weighted by molar-refractivity contribution is -0.136. The van der Waals surface area contributed by atoms with E-state index in [1.165, 1.54) is 20.4 Å². The number of carbonyl (C=O) groups excluding carboxylic acids is 2. The SMILES string of the molecule is CCOc1cc(/C=N/NC(=O)C(=O)Nc2ccc(OC)cc2OC)ccc1OCc1ccccc1. The number of benzene rings is 3. The van der Waals surface area contributed by atoms with E-state index in [2.05, 4.69) is 15.8 Å². The van der Waals surface area contributed by atoms with Crippen molar-refractivity contribution < 1.29 is 28.5 Å². The van der Waals surface area contributed by atoms with Crippen molar-refractivity contribution in [3.63, 3.8) is 0 Å². The number of ether oxygens (including phenoxy) is 4. The zero-order valence-electron chi connectivity index (χ0n) is 19.7. The second kappa shape index (κ2) is 12.6. The molecule has 0 atom stereocenters. The Balaban J connectivity index is 1.60. The summed E-state index contributed by atoms with van der Waals surface area (Å²) in [7, 11) is 2.96. The molecule has 2 amide bonds. The summed E-state index contributed by atoms with van der Waals surface area (Å²) in [6.45, 7) is 2.73. The maximum atomic E-state index is 12.2. The number of nitrogens with zero attached hydrogens (tertiary/aromatic N) is 1. The first kappa shape index (κ1) is 25.1. The summed E-state index contributed by atoms with van der Waals surface area (Å²) in [6, 6.07) is 19.9. The van der Waals surface area contributed by atoms with E-state index in [1.807, 2.05) is 37.3 Å². The van der Waals surface area contributed by atoms with Gasteiger partial charge in [-0.05, 0) is 48.4 Å². The molecule has 0 aliphatic carbocycles. The minimum Gasteiger partial charge on any atom is -0.497 e. The fourth-order valence-electron chi connectivity index (χ4n) is 3.02. The van der Waals surface area contributed by atoms with Gasteiger partial charge in [0.1, 0.15) is 18.1 Å². The van der Waals surface area contributed by atoms with Gasteiger partial charge in [-0.15, -0.1) is 0 Å². The molecule has 0 aromatic heterocycles. The van der Waals surface area contributed by atoms with Crippen LogP contribution >= 0.6 is 0 Å². The molecule has 9 heteroatoms. The quantitative estimate of drug-likeness (QED) is 0.262. The lowest BCUT2D eigenvalue weighted by atomic mass is 10.2. The molecule has 0 spiro atoms. The van der Waals surface area contributed by atoms with Crippen LogP contribution in [0, 0.1) is 0 Å². The van der Waals surface area contributed by atoms with Crippen LogP contribution in [-0.2, 0) is 16.2 Å². The standard InChI is InChI=1S/C26H27N3O6/c1-4-34-24-14-19(10-13-22(24)35-17-18-8-6-5-7-9-18)16-27-29-26(31)25(30)28-21-12-11-20(32-2)15-23(21)33-3/h5-16H,4,17H2,1-3H3,(H,28,30)(H,29,31)/b27-16+. The van der Waals surface area contributed by atoms with E-state index in [0.29, 0.717) is 47.5 Å². The van der Waals surface area contributed by atoms with Crippen LogP contribution in [0.3, 0.4) is 0 Å². The van der Waals surface area contributed by atoms with Gasteiger partial charge in [0.25, 0.3) is 0 Å². The van der Waals surface area contributed by atoms with Crippen molar-refractivity contribution in [1.29, 1.82) is 0 Å². The van der Waals surface area contributed by atoms with Crippen LogP contribution in [0.25, 0.3) is 0 Å². The number of anilines is 1. The van der Waals surface area contributed by atoms with Crippen molar-refractivity contribution in [3.8, 4) is 23.0 Å². The van der Waals surface area contributed by atoms with Crippen LogP contribution in [-0.4, -0.2) is 38.9 Å². The molecule has 182 valence electrons. The number of hydrogen-bond donors (Lipinski definition) is 2. The monoisotopic (exact) mass is 477 g/mol. The zero-order chi connectivity index (χ0) is 25.0. The second-order valence-electron chi connectivity index (χ2n) is 7.13. The Morgan fingerprint density at radius 2 is 1.66 bits per heavy atom. The van der Waals surface area contributed by atoms with Gasteiger partial charge in [0.15, 0.2) is 11.5 Å². The minimum atomic E-state index is -0.938. The molecule has 0 saturated heterocycles. The first-order chi connectivity index (χ1) is 17.0. The molecule has 0 saturated carbocycles. The summed E-state index contributed by atoms with van der Waals surface area (Å²) >= 11 is 0. The summed E-state index contributed by atoms with van der Waals surface area (Å²) in [5.74, 6) is 0.203. The normalized spacial score (nSPS) is 10.5. The van der Waals surface area contributed by atoms with Crippen LogP contribution in [0.4, 0.5) is 5.69 Å². The van der Waals surface area contributed by atoms with E-state index >= 15 is 0 Å². The Kier molecular flexibility index (Phi) is 9.07. The van der Waals surface area contributed by atoms with E-state index in [-0.39, 0.29) is 0 Å². The van der Waals surface area contributed by atoms with E-state index in [1.54, 1.807) is 36.4 Å². The summed E-state index contributed by atoms with van der Waals surface area (Å²) in [4.78, 5) is 24.4. The third-order valence-corrected chi connectivity index (χ3v) is 4.75. The Morgan fingerprint density at radius 1 is 0.857 bits per heavy atom. The minimum absolute atomic E-state index is 0.324. The van der Waals surface area contributed by atoms with Crippen molar-refractivity contribution >= 4 is 23.7 Å².